The Labute approximate surface area is 124 Å². The molecule has 0 unspecified atom stereocenters. The van der Waals surface area contributed by atoms with Gasteiger partial charge in [-0.1, -0.05) is 42.8 Å². The van der Waals surface area contributed by atoms with Crippen LogP contribution in [0.3, 0.4) is 0 Å². The van der Waals surface area contributed by atoms with Crippen LogP contribution < -0.4 is 10.0 Å². The third-order valence-corrected chi connectivity index (χ3v) is 4.81. The molecule has 0 fully saturated rings. The number of halogens is 1. The molecule has 0 amide bonds. The lowest BCUT2D eigenvalue weighted by molar-refractivity contribution is 0.578. The first-order valence-corrected chi connectivity index (χ1v) is 8.30. The van der Waals surface area contributed by atoms with Gasteiger partial charge in [0.05, 0.1) is 4.90 Å². The number of hydrogen-bond acceptors (Lipinski definition) is 3. The van der Waals surface area contributed by atoms with Gasteiger partial charge >= 0.3 is 0 Å². The van der Waals surface area contributed by atoms with E-state index >= 15 is 0 Å². The molecule has 0 aliphatic rings. The Hall–Kier alpha value is -1.14. The Kier molecular flexibility index (Phi) is 4.99. The highest BCUT2D eigenvalue weighted by molar-refractivity contribution is 7.89. The summed E-state index contributed by atoms with van der Waals surface area (Å²) >= 11 is 6.10. The lowest BCUT2D eigenvalue weighted by Crippen LogP contribution is -2.31. The van der Waals surface area contributed by atoms with Crippen molar-refractivity contribution in [3.63, 3.8) is 0 Å². The quantitative estimate of drug-likeness (QED) is 0.805. The van der Waals surface area contributed by atoms with Crippen LogP contribution in [0.15, 0.2) is 41.3 Å². The molecule has 0 saturated heterocycles. The summed E-state index contributed by atoms with van der Waals surface area (Å²) in [4.78, 5) is 0.258. The maximum atomic E-state index is 12.3. The summed E-state index contributed by atoms with van der Waals surface area (Å²) in [5.74, 6) is 0. The van der Waals surface area contributed by atoms with E-state index in [9.17, 15) is 8.42 Å². The van der Waals surface area contributed by atoms with Gasteiger partial charge < -0.3 is 5.32 Å². The first-order valence-electron chi connectivity index (χ1n) is 6.44. The van der Waals surface area contributed by atoms with Crippen LogP contribution in [0.5, 0.6) is 0 Å². The molecule has 2 N–H and O–H groups in total. The second-order valence-electron chi connectivity index (χ2n) is 4.34. The summed E-state index contributed by atoms with van der Waals surface area (Å²) in [7, 11) is -3.53. The van der Waals surface area contributed by atoms with Crippen LogP contribution in [0.2, 0.25) is 5.02 Å². The average molecular weight is 313 g/mol. The SMILES string of the molecule is CCNCCNS(=O)(=O)c1ccc(Cl)c2ccccc12. The van der Waals surface area contributed by atoms with Gasteiger partial charge in [-0.2, -0.15) is 0 Å². The zero-order valence-electron chi connectivity index (χ0n) is 11.2. The maximum absolute atomic E-state index is 12.3. The Bertz CT molecular complexity index is 701. The molecule has 2 aromatic rings. The van der Waals surface area contributed by atoms with E-state index in [1.165, 1.54) is 0 Å². The fourth-order valence-corrected chi connectivity index (χ4v) is 3.47. The normalized spacial score (nSPS) is 11.9. The van der Waals surface area contributed by atoms with Gasteiger partial charge in [0, 0.05) is 28.9 Å². The second-order valence-corrected chi connectivity index (χ2v) is 6.49. The zero-order valence-corrected chi connectivity index (χ0v) is 12.8. The molecule has 6 heteroatoms. The van der Waals surface area contributed by atoms with Crippen molar-refractivity contribution >= 4 is 32.4 Å². The van der Waals surface area contributed by atoms with E-state index in [0.717, 1.165) is 11.9 Å². The highest BCUT2D eigenvalue weighted by atomic mass is 35.5. The summed E-state index contributed by atoms with van der Waals surface area (Å²) in [5.41, 5.74) is 0. The minimum atomic E-state index is -3.53. The van der Waals surface area contributed by atoms with Gasteiger partial charge in [0.25, 0.3) is 0 Å². The van der Waals surface area contributed by atoms with Gasteiger partial charge in [-0.05, 0) is 18.7 Å². The molecule has 0 saturated carbocycles. The Morgan fingerprint density at radius 2 is 1.75 bits per heavy atom. The number of fused-ring (bicyclic) bond motifs is 1. The van der Waals surface area contributed by atoms with E-state index in [2.05, 4.69) is 10.0 Å². The Morgan fingerprint density at radius 3 is 2.45 bits per heavy atom. The third kappa shape index (κ3) is 3.30. The summed E-state index contributed by atoms with van der Waals surface area (Å²) in [5, 5.41) is 4.99. The standard InChI is InChI=1S/C14H17ClN2O2S/c1-2-16-9-10-17-20(18,19)14-8-7-13(15)11-5-3-4-6-12(11)14/h3-8,16-17H,2,9-10H2,1H3. The fraction of sp³-hybridized carbons (Fsp3) is 0.286. The molecular formula is C14H17ClN2O2S. The molecule has 2 rings (SSSR count). The smallest absolute Gasteiger partial charge is 0.241 e. The molecule has 2 aromatic carbocycles. The minimum absolute atomic E-state index is 0.258. The topological polar surface area (TPSA) is 58.2 Å². The van der Waals surface area contributed by atoms with Crippen LogP contribution in [0.25, 0.3) is 10.8 Å². The van der Waals surface area contributed by atoms with Gasteiger partial charge in [-0.15, -0.1) is 0 Å². The van der Waals surface area contributed by atoms with Crippen molar-refractivity contribution in [3.8, 4) is 0 Å². The van der Waals surface area contributed by atoms with Crippen LogP contribution in [-0.4, -0.2) is 28.1 Å². The third-order valence-electron chi connectivity index (χ3n) is 2.96. The number of benzene rings is 2. The monoisotopic (exact) mass is 312 g/mol. The molecule has 108 valence electrons. The van der Waals surface area contributed by atoms with E-state index in [-0.39, 0.29) is 4.90 Å². The molecular weight excluding hydrogens is 296 g/mol. The fourth-order valence-electron chi connectivity index (χ4n) is 2.00. The molecule has 0 bridgehead atoms. The molecule has 20 heavy (non-hydrogen) atoms. The van der Waals surface area contributed by atoms with E-state index in [0.29, 0.717) is 23.5 Å². The van der Waals surface area contributed by atoms with Crippen LogP contribution in [0, 0.1) is 0 Å². The van der Waals surface area contributed by atoms with E-state index < -0.39 is 10.0 Å². The molecule has 4 nitrogen and oxygen atoms in total. The molecule has 0 radical (unpaired) electrons. The van der Waals surface area contributed by atoms with E-state index in [1.807, 2.05) is 19.1 Å². The van der Waals surface area contributed by atoms with Gasteiger partial charge in [-0.25, -0.2) is 13.1 Å². The summed E-state index contributed by atoms with van der Waals surface area (Å²) < 4.78 is 27.3. The van der Waals surface area contributed by atoms with Crippen LogP contribution >= 0.6 is 11.6 Å². The average Bonchev–Trinajstić information content (AvgIpc) is 2.44. The largest absolute Gasteiger partial charge is 0.316 e. The molecule has 0 aromatic heterocycles. The number of rotatable bonds is 6. The molecule has 0 atom stereocenters. The van der Waals surface area contributed by atoms with Gasteiger partial charge in [-0.3, -0.25) is 0 Å². The molecule has 0 heterocycles. The van der Waals surface area contributed by atoms with Crippen molar-refractivity contribution in [2.75, 3.05) is 19.6 Å². The van der Waals surface area contributed by atoms with Crippen molar-refractivity contribution in [1.82, 2.24) is 10.0 Å². The lowest BCUT2D eigenvalue weighted by atomic mass is 10.1. The van der Waals surface area contributed by atoms with Crippen molar-refractivity contribution in [2.24, 2.45) is 0 Å². The van der Waals surface area contributed by atoms with Crippen LogP contribution in [0.4, 0.5) is 0 Å². The van der Waals surface area contributed by atoms with Crippen molar-refractivity contribution < 1.29 is 8.42 Å². The Morgan fingerprint density at radius 1 is 1.05 bits per heavy atom. The summed E-state index contributed by atoms with van der Waals surface area (Å²) in [6.07, 6.45) is 0. The van der Waals surface area contributed by atoms with Gasteiger partial charge in [0.2, 0.25) is 10.0 Å². The summed E-state index contributed by atoms with van der Waals surface area (Å²) in [6, 6.07) is 10.4. The second kappa shape index (κ2) is 6.54. The van der Waals surface area contributed by atoms with Gasteiger partial charge in [0.15, 0.2) is 0 Å². The lowest BCUT2D eigenvalue weighted by Gasteiger charge is -2.10. The minimum Gasteiger partial charge on any atom is -0.316 e. The molecule has 0 aliphatic carbocycles. The van der Waals surface area contributed by atoms with Crippen molar-refractivity contribution in [2.45, 2.75) is 11.8 Å². The van der Waals surface area contributed by atoms with E-state index in [4.69, 9.17) is 11.6 Å². The Balaban J connectivity index is 2.35. The van der Waals surface area contributed by atoms with Crippen molar-refractivity contribution in [1.29, 1.82) is 0 Å². The highest BCUT2D eigenvalue weighted by Gasteiger charge is 2.17. The van der Waals surface area contributed by atoms with Crippen molar-refractivity contribution in [3.05, 3.63) is 41.4 Å². The number of hydrogen-bond donors (Lipinski definition) is 2. The predicted molar refractivity (Wildman–Crippen MR) is 82.7 cm³/mol. The van der Waals surface area contributed by atoms with Gasteiger partial charge in [0.1, 0.15) is 0 Å². The molecule has 0 aliphatic heterocycles. The van der Waals surface area contributed by atoms with Crippen LogP contribution in [0.1, 0.15) is 6.92 Å². The molecule has 0 spiro atoms. The van der Waals surface area contributed by atoms with Crippen LogP contribution in [-0.2, 0) is 10.0 Å². The maximum Gasteiger partial charge on any atom is 0.241 e. The first kappa shape index (κ1) is 15.3. The number of nitrogens with one attached hydrogen (secondary N) is 2. The zero-order chi connectivity index (χ0) is 14.6. The number of sulfonamides is 1. The number of likely N-dealkylation sites (N-methyl/N-ethyl adjacent to an activating group) is 1. The highest BCUT2D eigenvalue weighted by Crippen LogP contribution is 2.28. The first-order chi connectivity index (χ1) is 9.56. The summed E-state index contributed by atoms with van der Waals surface area (Å²) in [6.45, 7) is 3.74. The van der Waals surface area contributed by atoms with E-state index in [1.54, 1.807) is 24.3 Å². The predicted octanol–water partition coefficient (Wildman–Crippen LogP) is 2.38.